The lowest BCUT2D eigenvalue weighted by Gasteiger charge is -2.67. The lowest BCUT2D eigenvalue weighted by Crippen LogP contribution is -2.82. The van der Waals surface area contributed by atoms with Crippen molar-refractivity contribution in [1.82, 2.24) is 10.6 Å². The minimum Gasteiger partial charge on any atom is -0.455 e. The Kier molecular flexibility index (Phi) is 11.8. The molecule has 62 heavy (non-hydrogen) atoms. The predicted octanol–water partition coefficient (Wildman–Crippen LogP) is 3.31. The van der Waals surface area contributed by atoms with Gasteiger partial charge in [-0.3, -0.25) is 24.0 Å². The molecule has 3 aromatic carbocycles. The van der Waals surface area contributed by atoms with Crippen molar-refractivity contribution in [3.63, 3.8) is 0 Å². The molecule has 5 N–H and O–H groups in total. The Labute approximate surface area is 358 Å². The highest BCUT2D eigenvalue weighted by Gasteiger charge is 2.78. The maximum Gasteiger partial charge on any atom is 0.338 e. The van der Waals surface area contributed by atoms with E-state index in [1.54, 1.807) is 99.6 Å². The van der Waals surface area contributed by atoms with Gasteiger partial charge in [0, 0.05) is 37.7 Å². The van der Waals surface area contributed by atoms with Gasteiger partial charge in [-0.15, -0.1) is 0 Å². The van der Waals surface area contributed by atoms with Crippen molar-refractivity contribution in [3.8, 4) is 0 Å². The zero-order valence-corrected chi connectivity index (χ0v) is 35.3. The number of nitrogens with one attached hydrogen (secondary N) is 2. The Balaban J connectivity index is 1.39. The first kappa shape index (κ1) is 44.3. The Morgan fingerprint density at radius 3 is 1.97 bits per heavy atom. The largest absolute Gasteiger partial charge is 0.455 e. The van der Waals surface area contributed by atoms with E-state index in [2.05, 4.69) is 10.6 Å². The third kappa shape index (κ3) is 7.29. The highest BCUT2D eigenvalue weighted by Crippen LogP contribution is 2.64. The SMILES string of the molecule is CC(=O)O[C@H]1C(=O)[C@@]2(C)[C@H]([C@H](OC(=O)c3ccccc3)[C@]3(O)C[C@H](NC(=O)[C@H](O)[C@@H](NC(=O)c4ccccc4)c4ccccc4)C(C)=C1C3(C)C)[C@]1(OC(C)=O)CO[C@@H]1C[C@@H]2O. The molecule has 1 saturated heterocycles. The molecule has 2 bridgehead atoms. The molecule has 4 aliphatic rings. The van der Waals surface area contributed by atoms with Crippen LogP contribution in [0.15, 0.2) is 102 Å². The number of amides is 2. The van der Waals surface area contributed by atoms with Gasteiger partial charge in [-0.05, 0) is 54.8 Å². The molecule has 0 unspecified atom stereocenters. The summed E-state index contributed by atoms with van der Waals surface area (Å²) in [6.45, 7) is 8.15. The predicted molar refractivity (Wildman–Crippen MR) is 220 cm³/mol. The van der Waals surface area contributed by atoms with Crippen molar-refractivity contribution in [1.29, 1.82) is 0 Å². The number of ether oxygens (including phenoxy) is 4. The lowest BCUT2D eigenvalue weighted by atomic mass is 9.44. The van der Waals surface area contributed by atoms with E-state index < -0.39 is 112 Å². The second-order valence-corrected chi connectivity index (χ2v) is 17.5. The van der Waals surface area contributed by atoms with Crippen molar-refractivity contribution < 1.29 is 63.0 Å². The van der Waals surface area contributed by atoms with Gasteiger partial charge in [0.25, 0.3) is 11.8 Å². The molecule has 3 fully saturated rings. The maximum absolute atomic E-state index is 15.5. The number of aliphatic hydroxyl groups excluding tert-OH is 2. The number of hydrogen-bond donors (Lipinski definition) is 5. The minimum absolute atomic E-state index is 0.0596. The van der Waals surface area contributed by atoms with Crippen molar-refractivity contribution in [2.75, 3.05) is 6.61 Å². The summed E-state index contributed by atoms with van der Waals surface area (Å²) in [6.07, 6.45) is -8.67. The van der Waals surface area contributed by atoms with E-state index in [0.717, 1.165) is 13.8 Å². The van der Waals surface area contributed by atoms with E-state index in [0.29, 0.717) is 5.56 Å². The minimum atomic E-state index is -2.33. The summed E-state index contributed by atoms with van der Waals surface area (Å²) in [5.41, 5.74) is -6.63. The molecule has 0 aromatic heterocycles. The molecule has 328 valence electrons. The second-order valence-electron chi connectivity index (χ2n) is 17.5. The number of esters is 3. The van der Waals surface area contributed by atoms with E-state index in [9.17, 15) is 39.3 Å². The first-order chi connectivity index (χ1) is 29.3. The molecule has 15 heteroatoms. The van der Waals surface area contributed by atoms with E-state index >= 15 is 4.79 Å². The summed E-state index contributed by atoms with van der Waals surface area (Å²) in [7, 11) is 0. The van der Waals surface area contributed by atoms with E-state index in [1.165, 1.54) is 19.1 Å². The van der Waals surface area contributed by atoms with E-state index in [-0.39, 0.29) is 35.3 Å². The topological polar surface area (TPSA) is 224 Å². The van der Waals surface area contributed by atoms with Crippen LogP contribution in [0.1, 0.15) is 86.7 Å². The average molecular weight is 853 g/mol. The monoisotopic (exact) mass is 852 g/mol. The van der Waals surface area contributed by atoms with Crippen LogP contribution >= 0.6 is 0 Å². The molecular weight excluding hydrogens is 801 g/mol. The zero-order valence-electron chi connectivity index (χ0n) is 35.3. The molecule has 11 atom stereocenters. The number of benzene rings is 3. The van der Waals surface area contributed by atoms with Crippen LogP contribution in [0.25, 0.3) is 0 Å². The zero-order chi connectivity index (χ0) is 44.9. The standard InChI is InChI=1S/C47H52N2O13/c1-25-31(48-42(56)36(53)35(28-16-10-7-11-17-28)49-41(55)29-18-12-8-13-19-29)23-47(58)40(61-43(57)30-20-14-9-15-21-30)38-45(6,32(52)22-33-46(38,24-59-33)62-27(3)51)39(54)37(60-26(2)50)34(25)44(47,4)5/h7-21,31-33,35-38,40,52-53,58H,22-24H2,1-6H3,(H,48,56)(H,49,55)/t31-,32-,33+,35-,36+,37+,38-,40-,45+,46-,47+/m0/s1. The third-order valence-electron chi connectivity index (χ3n) is 13.6. The van der Waals surface area contributed by atoms with Crippen LogP contribution < -0.4 is 10.6 Å². The summed E-state index contributed by atoms with van der Waals surface area (Å²) in [5.74, 6) is -6.45. The van der Waals surface area contributed by atoms with Crippen LogP contribution in [-0.4, -0.2) is 105 Å². The van der Waals surface area contributed by atoms with Gasteiger partial charge in [-0.25, -0.2) is 4.79 Å². The molecule has 1 heterocycles. The molecule has 3 aliphatic carbocycles. The number of ketones is 1. The molecule has 15 nitrogen and oxygen atoms in total. The van der Waals surface area contributed by atoms with Gasteiger partial charge in [-0.2, -0.15) is 0 Å². The Morgan fingerprint density at radius 2 is 1.42 bits per heavy atom. The number of hydrogen-bond acceptors (Lipinski definition) is 13. The van der Waals surface area contributed by atoms with Crippen LogP contribution in [-0.2, 0) is 38.1 Å². The fourth-order valence-corrected chi connectivity index (χ4v) is 10.3. The van der Waals surface area contributed by atoms with Crippen LogP contribution in [0.2, 0.25) is 0 Å². The smallest absolute Gasteiger partial charge is 0.338 e. The van der Waals surface area contributed by atoms with Crippen LogP contribution in [0.3, 0.4) is 0 Å². The number of rotatable bonds is 10. The van der Waals surface area contributed by atoms with Gasteiger partial charge in [0.05, 0.1) is 41.7 Å². The average Bonchev–Trinajstić information content (AvgIpc) is 3.24. The number of carbonyl (C=O) groups excluding carboxylic acids is 6. The van der Waals surface area contributed by atoms with Gasteiger partial charge in [0.1, 0.15) is 17.8 Å². The number of Topliss-reactive ketones (excluding diaryl/α,β-unsaturated/α-hetero) is 1. The van der Waals surface area contributed by atoms with E-state index in [4.69, 9.17) is 18.9 Å². The van der Waals surface area contributed by atoms with Gasteiger partial charge < -0.3 is 44.9 Å². The van der Waals surface area contributed by atoms with Crippen LogP contribution in [0.4, 0.5) is 0 Å². The summed E-state index contributed by atoms with van der Waals surface area (Å²) in [6, 6.07) is 22.0. The van der Waals surface area contributed by atoms with Gasteiger partial charge in [0.15, 0.2) is 23.6 Å². The number of fused-ring (bicyclic) bond motifs is 5. The van der Waals surface area contributed by atoms with Crippen LogP contribution in [0.5, 0.6) is 0 Å². The fourth-order valence-electron chi connectivity index (χ4n) is 10.3. The van der Waals surface area contributed by atoms with Gasteiger partial charge in [-0.1, -0.05) is 80.6 Å². The molecular formula is C47H52N2O13. The van der Waals surface area contributed by atoms with E-state index in [1.807, 2.05) is 0 Å². The summed E-state index contributed by atoms with van der Waals surface area (Å²) in [5, 5.41) is 43.2. The van der Waals surface area contributed by atoms with Crippen molar-refractivity contribution >= 4 is 35.5 Å². The van der Waals surface area contributed by atoms with Gasteiger partial charge >= 0.3 is 17.9 Å². The lowest BCUT2D eigenvalue weighted by molar-refractivity contribution is -0.345. The molecule has 1 aliphatic heterocycles. The molecule has 7 rings (SSSR count). The third-order valence-corrected chi connectivity index (χ3v) is 13.6. The van der Waals surface area contributed by atoms with Crippen molar-refractivity contribution in [3.05, 3.63) is 119 Å². The summed E-state index contributed by atoms with van der Waals surface area (Å²) in [4.78, 5) is 83.6. The number of aliphatic hydroxyl groups is 3. The molecule has 3 aromatic rings. The molecule has 0 spiro atoms. The molecule has 2 saturated carbocycles. The van der Waals surface area contributed by atoms with Gasteiger partial charge in [0.2, 0.25) is 0 Å². The maximum atomic E-state index is 15.5. The normalized spacial score (nSPS) is 31.9. The highest BCUT2D eigenvalue weighted by atomic mass is 16.6. The summed E-state index contributed by atoms with van der Waals surface area (Å²) >= 11 is 0. The quantitative estimate of drug-likeness (QED) is 0.112. The second kappa shape index (κ2) is 16.5. The molecule has 2 amide bonds. The van der Waals surface area contributed by atoms with Crippen molar-refractivity contribution in [2.45, 2.75) is 108 Å². The Bertz CT molecular complexity index is 2280. The highest BCUT2D eigenvalue weighted by molar-refractivity contribution is 5.96. The summed E-state index contributed by atoms with van der Waals surface area (Å²) < 4.78 is 24.3. The first-order valence-corrected chi connectivity index (χ1v) is 20.6. The fraction of sp³-hybridized carbons (Fsp3) is 0.447. The molecule has 0 radical (unpaired) electrons. The Morgan fingerprint density at radius 1 is 0.839 bits per heavy atom. The van der Waals surface area contributed by atoms with Crippen LogP contribution in [0, 0.1) is 16.7 Å². The Hall–Kier alpha value is -5.74. The van der Waals surface area contributed by atoms with Crippen molar-refractivity contribution in [2.24, 2.45) is 16.7 Å². The number of carbonyl (C=O) groups is 6. The first-order valence-electron chi connectivity index (χ1n) is 20.6.